The van der Waals surface area contributed by atoms with Gasteiger partial charge in [-0.1, -0.05) is 29.8 Å². The number of halogens is 1. The van der Waals surface area contributed by atoms with Gasteiger partial charge in [0.1, 0.15) is 0 Å². The van der Waals surface area contributed by atoms with Crippen LogP contribution in [0.2, 0.25) is 0 Å². The van der Waals surface area contributed by atoms with Crippen LogP contribution in [0.3, 0.4) is 0 Å². The number of aryl methyl sites for hydroxylation is 1. The molecule has 0 amide bonds. The lowest BCUT2D eigenvalue weighted by Crippen LogP contribution is -2.49. The first-order valence-corrected chi connectivity index (χ1v) is 9.37. The molecule has 1 fully saturated rings. The molecule has 132 valence electrons. The van der Waals surface area contributed by atoms with Gasteiger partial charge in [0.05, 0.1) is 18.0 Å². The van der Waals surface area contributed by atoms with Crippen molar-refractivity contribution in [2.45, 2.75) is 39.5 Å². The summed E-state index contributed by atoms with van der Waals surface area (Å²) in [5.41, 5.74) is 2.38. The fraction of sp³-hybridized carbons (Fsp3) is 0.625. The lowest BCUT2D eigenvalue weighted by atomic mass is 10.1. The van der Waals surface area contributed by atoms with E-state index in [0.717, 1.165) is 0 Å². The molecular weight excluding hydrogens is 336 g/mol. The molecule has 1 aromatic carbocycles. The van der Waals surface area contributed by atoms with Crippen LogP contribution in [0.1, 0.15) is 25.0 Å². The van der Waals surface area contributed by atoms with Gasteiger partial charge in [-0.05, 0) is 26.3 Å². The number of nitrogens with zero attached hydrogens (tertiary/aromatic N) is 1. The molecule has 7 heteroatoms. The summed E-state index contributed by atoms with van der Waals surface area (Å²) in [7, 11) is -3.22. The van der Waals surface area contributed by atoms with Crippen molar-refractivity contribution in [3.63, 3.8) is 0 Å². The van der Waals surface area contributed by atoms with Crippen molar-refractivity contribution in [1.29, 1.82) is 0 Å². The Labute approximate surface area is 145 Å². The normalized spacial score (nSPS) is 22.6. The molecule has 0 radical (unpaired) electrons. The van der Waals surface area contributed by atoms with Crippen LogP contribution in [0, 0.1) is 6.92 Å². The average Bonchev–Trinajstić information content (AvgIpc) is 2.43. The first kappa shape index (κ1) is 20.4. The van der Waals surface area contributed by atoms with Gasteiger partial charge in [-0.3, -0.25) is 0 Å². The van der Waals surface area contributed by atoms with Crippen LogP contribution in [0.4, 0.5) is 0 Å². The van der Waals surface area contributed by atoms with Gasteiger partial charge in [-0.25, -0.2) is 8.42 Å². The van der Waals surface area contributed by atoms with Gasteiger partial charge < -0.3 is 10.1 Å². The minimum atomic E-state index is -3.22. The number of nitrogens with one attached hydrogen (secondary N) is 1. The van der Waals surface area contributed by atoms with Gasteiger partial charge in [0.2, 0.25) is 10.0 Å². The number of rotatable bonds is 6. The second-order valence-electron chi connectivity index (χ2n) is 6.06. The number of sulfonamides is 1. The van der Waals surface area contributed by atoms with E-state index in [2.05, 4.69) is 24.4 Å². The van der Waals surface area contributed by atoms with E-state index in [4.69, 9.17) is 4.74 Å². The standard InChI is InChI=1S/C16H26N2O3S.ClH/c1-13-5-4-6-16(9-13)10-17-7-8-22(19,20)18-11-14(2)21-15(3)12-18;/h4-6,9,14-15,17H,7-8,10-12H2,1-3H3;1H. The summed E-state index contributed by atoms with van der Waals surface area (Å²) in [6.45, 7) is 7.91. The van der Waals surface area contributed by atoms with Crippen LogP contribution < -0.4 is 5.32 Å². The quantitative estimate of drug-likeness (QED) is 0.786. The molecule has 1 saturated heterocycles. The largest absolute Gasteiger partial charge is 0.373 e. The van der Waals surface area contributed by atoms with E-state index in [9.17, 15) is 8.42 Å². The van der Waals surface area contributed by atoms with Crippen LogP contribution in [0.15, 0.2) is 24.3 Å². The van der Waals surface area contributed by atoms with Gasteiger partial charge in [0.25, 0.3) is 0 Å². The van der Waals surface area contributed by atoms with Crippen molar-refractivity contribution < 1.29 is 13.2 Å². The zero-order valence-electron chi connectivity index (χ0n) is 14.0. The third kappa shape index (κ3) is 6.39. The predicted octanol–water partition coefficient (Wildman–Crippen LogP) is 1.95. The molecule has 2 atom stereocenters. The Kier molecular flexibility index (Phi) is 7.97. The molecule has 1 N–H and O–H groups in total. The maximum Gasteiger partial charge on any atom is 0.215 e. The molecule has 5 nitrogen and oxygen atoms in total. The van der Waals surface area contributed by atoms with E-state index in [0.29, 0.717) is 26.2 Å². The summed E-state index contributed by atoms with van der Waals surface area (Å²) in [5.74, 6) is 0.123. The van der Waals surface area contributed by atoms with Gasteiger partial charge >= 0.3 is 0 Å². The van der Waals surface area contributed by atoms with Crippen LogP contribution in [-0.2, 0) is 21.3 Å². The van der Waals surface area contributed by atoms with E-state index in [1.165, 1.54) is 11.1 Å². The maximum atomic E-state index is 12.4. The van der Waals surface area contributed by atoms with E-state index >= 15 is 0 Å². The highest BCUT2D eigenvalue weighted by atomic mass is 35.5. The summed E-state index contributed by atoms with van der Waals surface area (Å²) in [4.78, 5) is 0. The summed E-state index contributed by atoms with van der Waals surface area (Å²) in [6.07, 6.45) is -0.0856. The van der Waals surface area contributed by atoms with E-state index in [1.54, 1.807) is 4.31 Å². The summed E-state index contributed by atoms with van der Waals surface area (Å²) >= 11 is 0. The first-order valence-electron chi connectivity index (χ1n) is 7.76. The summed E-state index contributed by atoms with van der Waals surface area (Å²) in [6, 6.07) is 8.21. The highest BCUT2D eigenvalue weighted by Crippen LogP contribution is 2.14. The minimum Gasteiger partial charge on any atom is -0.373 e. The third-order valence-corrected chi connectivity index (χ3v) is 5.53. The summed E-state index contributed by atoms with van der Waals surface area (Å²) < 4.78 is 31.9. The van der Waals surface area contributed by atoms with E-state index in [-0.39, 0.29) is 30.4 Å². The Morgan fingerprint density at radius 2 is 1.91 bits per heavy atom. The molecule has 23 heavy (non-hydrogen) atoms. The number of hydrogen-bond acceptors (Lipinski definition) is 4. The van der Waals surface area contributed by atoms with Crippen LogP contribution in [-0.4, -0.2) is 50.3 Å². The Hall–Kier alpha value is -0.660. The monoisotopic (exact) mass is 362 g/mol. The molecule has 0 saturated carbocycles. The van der Waals surface area contributed by atoms with Gasteiger partial charge in [-0.2, -0.15) is 4.31 Å². The molecule has 1 aliphatic rings. The first-order chi connectivity index (χ1) is 10.4. The van der Waals surface area contributed by atoms with Crippen molar-refractivity contribution in [3.8, 4) is 0 Å². The molecule has 0 aromatic heterocycles. The van der Waals surface area contributed by atoms with Crippen LogP contribution in [0.5, 0.6) is 0 Å². The smallest absolute Gasteiger partial charge is 0.215 e. The second-order valence-corrected chi connectivity index (χ2v) is 8.14. The fourth-order valence-electron chi connectivity index (χ4n) is 2.74. The lowest BCUT2D eigenvalue weighted by Gasteiger charge is -2.34. The molecule has 0 aliphatic carbocycles. The zero-order chi connectivity index (χ0) is 16.2. The number of hydrogen-bond donors (Lipinski definition) is 1. The van der Waals surface area contributed by atoms with Crippen LogP contribution in [0.25, 0.3) is 0 Å². The molecule has 2 unspecified atom stereocenters. The van der Waals surface area contributed by atoms with Crippen LogP contribution >= 0.6 is 12.4 Å². The zero-order valence-corrected chi connectivity index (χ0v) is 15.6. The fourth-order valence-corrected chi connectivity index (χ4v) is 4.28. The van der Waals surface area contributed by atoms with Crippen molar-refractivity contribution >= 4 is 22.4 Å². The highest BCUT2D eigenvalue weighted by molar-refractivity contribution is 7.89. The molecule has 2 rings (SSSR count). The predicted molar refractivity (Wildman–Crippen MR) is 95.5 cm³/mol. The number of morpholine rings is 1. The topological polar surface area (TPSA) is 58.6 Å². The molecule has 1 heterocycles. The van der Waals surface area contributed by atoms with Crippen molar-refractivity contribution in [1.82, 2.24) is 9.62 Å². The van der Waals surface area contributed by atoms with E-state index < -0.39 is 10.0 Å². The SMILES string of the molecule is Cc1cccc(CNCCS(=O)(=O)N2CC(C)OC(C)C2)c1.Cl. The lowest BCUT2D eigenvalue weighted by molar-refractivity contribution is -0.0440. The summed E-state index contributed by atoms with van der Waals surface area (Å²) in [5, 5.41) is 3.21. The molecular formula is C16H27ClN2O3S. The third-order valence-electron chi connectivity index (χ3n) is 3.73. The Balaban J connectivity index is 0.00000264. The Morgan fingerprint density at radius 1 is 1.26 bits per heavy atom. The number of benzene rings is 1. The molecule has 1 aromatic rings. The van der Waals surface area contributed by atoms with E-state index in [1.807, 2.05) is 26.0 Å². The Bertz CT molecular complexity index is 585. The van der Waals surface area contributed by atoms with Crippen molar-refractivity contribution in [2.75, 3.05) is 25.4 Å². The van der Waals surface area contributed by atoms with Gasteiger partial charge in [-0.15, -0.1) is 12.4 Å². The van der Waals surface area contributed by atoms with Gasteiger partial charge in [0, 0.05) is 26.2 Å². The Morgan fingerprint density at radius 3 is 2.52 bits per heavy atom. The average molecular weight is 363 g/mol. The van der Waals surface area contributed by atoms with Crippen molar-refractivity contribution in [2.24, 2.45) is 0 Å². The van der Waals surface area contributed by atoms with Gasteiger partial charge in [0.15, 0.2) is 0 Å². The molecule has 0 bridgehead atoms. The maximum absolute atomic E-state index is 12.4. The molecule has 1 aliphatic heterocycles. The molecule has 0 spiro atoms. The second kappa shape index (κ2) is 8.99. The minimum absolute atomic E-state index is 0. The van der Waals surface area contributed by atoms with Crippen molar-refractivity contribution in [3.05, 3.63) is 35.4 Å². The number of ether oxygens (including phenoxy) is 1. The highest BCUT2D eigenvalue weighted by Gasteiger charge is 2.30.